The van der Waals surface area contributed by atoms with Crippen LogP contribution in [0.15, 0.2) is 47.4 Å². The molecule has 2 aromatic carbocycles. The topological polar surface area (TPSA) is 40.6 Å². The fourth-order valence-corrected chi connectivity index (χ4v) is 3.71. The molecule has 0 saturated carbocycles. The first kappa shape index (κ1) is 16.7. The second-order valence-electron chi connectivity index (χ2n) is 5.05. The molecule has 1 heterocycles. The van der Waals surface area contributed by atoms with E-state index in [1.54, 1.807) is 24.3 Å². The number of benzene rings is 2. The van der Waals surface area contributed by atoms with Gasteiger partial charge in [0.25, 0.3) is 5.91 Å². The fourth-order valence-electron chi connectivity index (χ4n) is 2.30. The average molecular weight is 369 g/mol. The Labute approximate surface area is 146 Å². The number of hydrogen-bond acceptors (Lipinski definition) is 3. The van der Waals surface area contributed by atoms with Crippen LogP contribution in [-0.4, -0.2) is 29.3 Å². The summed E-state index contributed by atoms with van der Waals surface area (Å²) in [6.45, 7) is 0. The molecule has 4 nitrogen and oxygen atoms in total. The first-order chi connectivity index (χ1) is 11.4. The molecule has 0 bridgehead atoms. The second-order valence-corrected chi connectivity index (χ2v) is 6.58. The van der Waals surface area contributed by atoms with Crippen molar-refractivity contribution in [3.05, 3.63) is 59.1 Å². The lowest BCUT2D eigenvalue weighted by Gasteiger charge is -2.22. The molecular formula is C16H11ClF2N2O2S. The van der Waals surface area contributed by atoms with Crippen molar-refractivity contribution in [2.45, 2.75) is 10.3 Å². The summed E-state index contributed by atoms with van der Waals surface area (Å²) in [5, 5.41) is -0.671. The highest BCUT2D eigenvalue weighted by molar-refractivity contribution is 8.01. The molecule has 0 aromatic heterocycles. The molecule has 124 valence electrons. The maximum absolute atomic E-state index is 14.1. The van der Waals surface area contributed by atoms with Crippen LogP contribution in [0, 0.1) is 11.6 Å². The normalized spacial score (nSPS) is 17.8. The average Bonchev–Trinajstić information content (AvgIpc) is 2.76. The number of hydrogen-bond donors (Lipinski definition) is 0. The van der Waals surface area contributed by atoms with E-state index in [-0.39, 0.29) is 5.69 Å². The van der Waals surface area contributed by atoms with Crippen LogP contribution in [0.5, 0.6) is 0 Å². The van der Waals surface area contributed by atoms with Gasteiger partial charge >= 0.3 is 6.03 Å². The molecule has 3 amide bonds. The zero-order chi connectivity index (χ0) is 17.4. The first-order valence-corrected chi connectivity index (χ1v) is 8.13. The Morgan fingerprint density at radius 2 is 1.83 bits per heavy atom. The third-order valence-corrected chi connectivity index (χ3v) is 5.20. The summed E-state index contributed by atoms with van der Waals surface area (Å²) in [6, 6.07) is 8.80. The van der Waals surface area contributed by atoms with Crippen molar-refractivity contribution < 1.29 is 18.4 Å². The van der Waals surface area contributed by atoms with Crippen LogP contribution in [0.2, 0.25) is 5.02 Å². The van der Waals surface area contributed by atoms with E-state index in [2.05, 4.69) is 0 Å². The summed E-state index contributed by atoms with van der Waals surface area (Å²) in [7, 11) is 1.29. The van der Waals surface area contributed by atoms with Gasteiger partial charge in [0.05, 0.1) is 10.7 Å². The van der Waals surface area contributed by atoms with Crippen molar-refractivity contribution in [1.82, 2.24) is 4.90 Å². The van der Waals surface area contributed by atoms with Crippen molar-refractivity contribution in [3.63, 3.8) is 0 Å². The lowest BCUT2D eigenvalue weighted by Crippen LogP contribution is -2.33. The Balaban J connectivity index is 2.04. The van der Waals surface area contributed by atoms with Crippen LogP contribution in [-0.2, 0) is 4.79 Å². The molecule has 1 aliphatic rings. The van der Waals surface area contributed by atoms with Crippen LogP contribution < -0.4 is 4.90 Å². The number of imide groups is 1. The predicted octanol–water partition coefficient (Wildman–Crippen LogP) is 4.14. The Bertz CT molecular complexity index is 833. The minimum Gasteiger partial charge on any atom is -0.271 e. The van der Waals surface area contributed by atoms with Gasteiger partial charge in [0.15, 0.2) is 5.37 Å². The van der Waals surface area contributed by atoms with Crippen LogP contribution in [0.3, 0.4) is 0 Å². The molecule has 1 unspecified atom stereocenters. The van der Waals surface area contributed by atoms with Crippen molar-refractivity contribution in [2.24, 2.45) is 0 Å². The monoisotopic (exact) mass is 368 g/mol. The Morgan fingerprint density at radius 1 is 1.12 bits per heavy atom. The molecule has 1 aliphatic heterocycles. The molecule has 8 heteroatoms. The number of carbonyl (C=O) groups is 2. The third-order valence-electron chi connectivity index (χ3n) is 3.51. The molecule has 0 spiro atoms. The summed E-state index contributed by atoms with van der Waals surface area (Å²) in [4.78, 5) is 27.1. The lowest BCUT2D eigenvalue weighted by atomic mass is 10.2. The quantitative estimate of drug-likeness (QED) is 0.765. The smallest absolute Gasteiger partial charge is 0.271 e. The molecule has 1 saturated heterocycles. The Hall–Kier alpha value is -2.12. The number of halogens is 3. The van der Waals surface area contributed by atoms with Gasteiger partial charge in [0.2, 0.25) is 0 Å². The summed E-state index contributed by atoms with van der Waals surface area (Å²) in [5.41, 5.74) is -0.290. The molecular weight excluding hydrogens is 358 g/mol. The maximum Gasteiger partial charge on any atom is 0.332 e. The zero-order valence-electron chi connectivity index (χ0n) is 12.4. The van der Waals surface area contributed by atoms with Crippen molar-refractivity contribution in [2.75, 3.05) is 11.9 Å². The van der Waals surface area contributed by atoms with Crippen molar-refractivity contribution in [1.29, 1.82) is 0 Å². The molecule has 3 rings (SSSR count). The van der Waals surface area contributed by atoms with Gasteiger partial charge in [0.1, 0.15) is 11.6 Å². The van der Waals surface area contributed by atoms with Gasteiger partial charge in [-0.05, 0) is 24.3 Å². The number of rotatable bonds is 3. The van der Waals surface area contributed by atoms with E-state index < -0.39 is 28.9 Å². The summed E-state index contributed by atoms with van der Waals surface area (Å²) in [6.07, 6.45) is 0. The minimum absolute atomic E-state index is 0.290. The predicted molar refractivity (Wildman–Crippen MR) is 88.1 cm³/mol. The van der Waals surface area contributed by atoms with Gasteiger partial charge in [-0.15, -0.1) is 0 Å². The number of urea groups is 1. The largest absolute Gasteiger partial charge is 0.332 e. The van der Waals surface area contributed by atoms with E-state index in [9.17, 15) is 18.4 Å². The Kier molecular flexibility index (Phi) is 4.47. The maximum atomic E-state index is 14.1. The first-order valence-electron chi connectivity index (χ1n) is 6.87. The summed E-state index contributed by atoms with van der Waals surface area (Å²) >= 11 is 7.09. The SMILES string of the molecule is CN1C(=O)C(Sc2ccccc2Cl)N(c2cc(F)ccc2F)C1=O. The van der Waals surface area contributed by atoms with E-state index in [4.69, 9.17) is 11.6 Å². The fraction of sp³-hybridized carbons (Fsp3) is 0.125. The zero-order valence-corrected chi connectivity index (χ0v) is 13.9. The summed E-state index contributed by atoms with van der Waals surface area (Å²) < 4.78 is 27.6. The number of carbonyl (C=O) groups excluding carboxylic acids is 2. The van der Waals surface area contributed by atoms with Crippen LogP contribution >= 0.6 is 23.4 Å². The van der Waals surface area contributed by atoms with Gasteiger partial charge in [-0.2, -0.15) is 0 Å². The number of likely N-dealkylation sites (N-methyl/N-ethyl adjacent to an activating group) is 1. The number of amides is 3. The molecule has 0 N–H and O–H groups in total. The molecule has 2 aromatic rings. The van der Waals surface area contributed by atoms with Crippen LogP contribution in [0.25, 0.3) is 0 Å². The van der Waals surface area contributed by atoms with Gasteiger partial charge in [-0.1, -0.05) is 35.5 Å². The molecule has 1 atom stereocenters. The molecule has 24 heavy (non-hydrogen) atoms. The third kappa shape index (κ3) is 2.85. The Morgan fingerprint density at radius 3 is 2.54 bits per heavy atom. The van der Waals surface area contributed by atoms with Crippen LogP contribution in [0.1, 0.15) is 0 Å². The molecule has 1 fully saturated rings. The van der Waals surface area contributed by atoms with Crippen molar-refractivity contribution >= 4 is 41.0 Å². The van der Waals surface area contributed by atoms with E-state index >= 15 is 0 Å². The van der Waals surface area contributed by atoms with E-state index in [0.29, 0.717) is 9.92 Å². The van der Waals surface area contributed by atoms with Gasteiger partial charge in [0, 0.05) is 18.0 Å². The highest BCUT2D eigenvalue weighted by Crippen LogP contribution is 2.38. The van der Waals surface area contributed by atoms with Gasteiger partial charge in [-0.25, -0.2) is 13.6 Å². The lowest BCUT2D eigenvalue weighted by molar-refractivity contribution is -0.124. The number of anilines is 1. The van der Waals surface area contributed by atoms with Crippen molar-refractivity contribution in [3.8, 4) is 0 Å². The number of thioether (sulfide) groups is 1. The second kappa shape index (κ2) is 6.41. The van der Waals surface area contributed by atoms with Gasteiger partial charge < -0.3 is 0 Å². The van der Waals surface area contributed by atoms with E-state index in [1.807, 2.05) is 0 Å². The van der Waals surface area contributed by atoms with Crippen LogP contribution in [0.4, 0.5) is 19.3 Å². The molecule has 0 aliphatic carbocycles. The standard InChI is InChI=1S/C16H11ClF2N2O2S/c1-20-14(22)15(24-13-5-3-2-4-10(13)17)21(16(20)23)12-8-9(18)6-7-11(12)19/h2-8,15H,1H3. The van der Waals surface area contributed by atoms with Gasteiger partial charge in [-0.3, -0.25) is 14.6 Å². The number of nitrogens with zero attached hydrogens (tertiary/aromatic N) is 2. The highest BCUT2D eigenvalue weighted by Gasteiger charge is 2.45. The minimum atomic E-state index is -1.07. The molecule has 0 radical (unpaired) electrons. The van der Waals surface area contributed by atoms with E-state index in [1.165, 1.54) is 7.05 Å². The van der Waals surface area contributed by atoms with E-state index in [0.717, 1.165) is 39.8 Å². The summed E-state index contributed by atoms with van der Waals surface area (Å²) in [5.74, 6) is -2.03. The highest BCUT2D eigenvalue weighted by atomic mass is 35.5.